The summed E-state index contributed by atoms with van der Waals surface area (Å²) >= 11 is 1.39. The average molecular weight is 354 g/mol. The lowest BCUT2D eigenvalue weighted by molar-refractivity contribution is -0.117. The fourth-order valence-corrected chi connectivity index (χ4v) is 3.67. The Bertz CT molecular complexity index is 754. The molecule has 0 aliphatic carbocycles. The van der Waals surface area contributed by atoms with Crippen LogP contribution in [0.5, 0.6) is 0 Å². The average Bonchev–Trinajstić information content (AvgIpc) is 3.05. The van der Waals surface area contributed by atoms with E-state index >= 15 is 0 Å². The highest BCUT2D eigenvalue weighted by atomic mass is 32.1. The van der Waals surface area contributed by atoms with E-state index in [1.807, 2.05) is 5.38 Å². The Labute approximate surface area is 152 Å². The molecule has 0 spiro atoms. The summed E-state index contributed by atoms with van der Waals surface area (Å²) in [6.45, 7) is 7.13. The number of benzene rings is 1. The minimum Gasteiger partial charge on any atom is -0.315 e. The molecule has 0 saturated carbocycles. The van der Waals surface area contributed by atoms with Gasteiger partial charge >= 0.3 is 0 Å². The Morgan fingerprint density at radius 3 is 2.52 bits per heavy atom. The number of nitrogens with one attached hydrogen (secondary N) is 1. The first-order valence-electron chi connectivity index (χ1n) is 8.42. The molecule has 130 valence electrons. The van der Waals surface area contributed by atoms with Crippen LogP contribution >= 0.6 is 11.3 Å². The highest BCUT2D eigenvalue weighted by molar-refractivity contribution is 7.14. The Balaban J connectivity index is 1.44. The first-order valence-corrected chi connectivity index (χ1v) is 9.30. The monoisotopic (exact) mass is 354 g/mol. The molecule has 3 rings (SSSR count). The van der Waals surface area contributed by atoms with E-state index in [9.17, 15) is 4.79 Å². The lowest BCUT2D eigenvalue weighted by Crippen LogP contribution is -2.48. The van der Waals surface area contributed by atoms with Gasteiger partial charge in [-0.15, -0.1) is 11.3 Å². The van der Waals surface area contributed by atoms with E-state index in [0.717, 1.165) is 32.7 Å². The third-order valence-corrected chi connectivity index (χ3v) is 5.23. The van der Waals surface area contributed by atoms with Crippen LogP contribution in [0.4, 0.5) is 5.00 Å². The molecule has 1 fully saturated rings. The largest absolute Gasteiger partial charge is 0.315 e. The van der Waals surface area contributed by atoms with E-state index in [-0.39, 0.29) is 5.91 Å². The van der Waals surface area contributed by atoms with Gasteiger partial charge in [0.15, 0.2) is 0 Å². The van der Waals surface area contributed by atoms with Gasteiger partial charge in [0.25, 0.3) is 0 Å². The highest BCUT2D eigenvalue weighted by Crippen LogP contribution is 2.22. The van der Waals surface area contributed by atoms with Crippen LogP contribution in [0.25, 0.3) is 0 Å². The minimum absolute atomic E-state index is 0.0501. The number of nitriles is 1. The van der Waals surface area contributed by atoms with Crippen LogP contribution in [-0.4, -0.2) is 48.4 Å². The summed E-state index contributed by atoms with van der Waals surface area (Å²) in [5.41, 5.74) is 3.14. The lowest BCUT2D eigenvalue weighted by atomic mass is 10.1. The Kier molecular flexibility index (Phi) is 5.82. The first-order chi connectivity index (χ1) is 12.1. The second-order valence-corrected chi connectivity index (χ2v) is 7.28. The van der Waals surface area contributed by atoms with Gasteiger partial charge in [-0.3, -0.25) is 14.6 Å². The van der Waals surface area contributed by atoms with Gasteiger partial charge < -0.3 is 5.32 Å². The molecule has 2 aromatic rings. The summed E-state index contributed by atoms with van der Waals surface area (Å²) in [7, 11) is 0. The maximum atomic E-state index is 12.2. The minimum atomic E-state index is -0.0501. The molecular weight excluding hydrogens is 332 g/mol. The van der Waals surface area contributed by atoms with E-state index in [1.165, 1.54) is 22.5 Å². The van der Waals surface area contributed by atoms with E-state index < -0.39 is 0 Å². The molecule has 1 aromatic carbocycles. The summed E-state index contributed by atoms with van der Waals surface area (Å²) in [6, 6.07) is 12.5. The molecule has 5 nitrogen and oxygen atoms in total. The number of piperazine rings is 1. The Morgan fingerprint density at radius 1 is 1.16 bits per heavy atom. The van der Waals surface area contributed by atoms with Crippen LogP contribution in [0.1, 0.15) is 16.7 Å². The van der Waals surface area contributed by atoms with Gasteiger partial charge in [0.1, 0.15) is 11.1 Å². The standard InChI is InChI=1S/C19H22N4OS/c1-15-2-4-16(5-3-15)13-22-7-9-23(10-8-22)14-18(24)21-19-17(12-20)6-11-25-19/h2-6,11H,7-10,13-14H2,1H3,(H,21,24). The molecule has 0 radical (unpaired) electrons. The highest BCUT2D eigenvalue weighted by Gasteiger charge is 2.19. The molecule has 1 aliphatic heterocycles. The number of anilines is 1. The van der Waals surface area contributed by atoms with Crippen LogP contribution in [0.2, 0.25) is 0 Å². The van der Waals surface area contributed by atoms with Crippen LogP contribution < -0.4 is 5.32 Å². The normalized spacial score (nSPS) is 15.7. The van der Waals surface area contributed by atoms with Gasteiger partial charge in [-0.2, -0.15) is 5.26 Å². The molecular formula is C19H22N4OS. The molecule has 2 heterocycles. The van der Waals surface area contributed by atoms with Crippen molar-refractivity contribution in [1.82, 2.24) is 9.80 Å². The number of thiophene rings is 1. The van der Waals surface area contributed by atoms with E-state index in [0.29, 0.717) is 17.1 Å². The second-order valence-electron chi connectivity index (χ2n) is 6.36. The van der Waals surface area contributed by atoms with Crippen molar-refractivity contribution in [2.24, 2.45) is 0 Å². The SMILES string of the molecule is Cc1ccc(CN2CCN(CC(=O)Nc3sccc3C#N)CC2)cc1. The molecule has 0 bridgehead atoms. The quantitative estimate of drug-likeness (QED) is 0.897. The summed E-state index contributed by atoms with van der Waals surface area (Å²) in [6.07, 6.45) is 0. The number of hydrogen-bond donors (Lipinski definition) is 1. The summed E-state index contributed by atoms with van der Waals surface area (Å²) in [4.78, 5) is 16.8. The number of aryl methyl sites for hydroxylation is 1. The van der Waals surface area contributed by atoms with Gasteiger partial charge in [-0.1, -0.05) is 29.8 Å². The van der Waals surface area contributed by atoms with Crippen molar-refractivity contribution < 1.29 is 4.79 Å². The number of rotatable bonds is 5. The molecule has 1 aromatic heterocycles. The van der Waals surface area contributed by atoms with E-state index in [1.54, 1.807) is 6.07 Å². The zero-order valence-electron chi connectivity index (χ0n) is 14.4. The van der Waals surface area contributed by atoms with Crippen molar-refractivity contribution >= 4 is 22.2 Å². The third-order valence-electron chi connectivity index (χ3n) is 4.40. The number of nitrogens with zero attached hydrogens (tertiary/aromatic N) is 3. The van der Waals surface area contributed by atoms with Crippen LogP contribution in [0.3, 0.4) is 0 Å². The molecule has 0 unspecified atom stereocenters. The van der Waals surface area contributed by atoms with Gasteiger partial charge in [0, 0.05) is 32.7 Å². The molecule has 6 heteroatoms. The maximum Gasteiger partial charge on any atom is 0.239 e. The smallest absolute Gasteiger partial charge is 0.239 e. The number of amides is 1. The Morgan fingerprint density at radius 2 is 1.84 bits per heavy atom. The summed E-state index contributed by atoms with van der Waals surface area (Å²) in [5, 5.41) is 14.3. The fourth-order valence-electron chi connectivity index (χ4n) is 2.92. The molecule has 25 heavy (non-hydrogen) atoms. The van der Waals surface area contributed by atoms with Gasteiger partial charge in [0.2, 0.25) is 5.91 Å². The number of carbonyl (C=O) groups is 1. The summed E-state index contributed by atoms with van der Waals surface area (Å²) in [5.74, 6) is -0.0501. The summed E-state index contributed by atoms with van der Waals surface area (Å²) < 4.78 is 0. The molecule has 1 amide bonds. The van der Waals surface area contributed by atoms with Gasteiger partial charge in [-0.05, 0) is 23.9 Å². The van der Waals surface area contributed by atoms with Crippen molar-refractivity contribution in [3.63, 3.8) is 0 Å². The van der Waals surface area contributed by atoms with E-state index in [4.69, 9.17) is 5.26 Å². The van der Waals surface area contributed by atoms with Crippen molar-refractivity contribution in [3.05, 3.63) is 52.4 Å². The topological polar surface area (TPSA) is 59.4 Å². The lowest BCUT2D eigenvalue weighted by Gasteiger charge is -2.34. The zero-order valence-corrected chi connectivity index (χ0v) is 15.2. The predicted molar refractivity (Wildman–Crippen MR) is 101 cm³/mol. The van der Waals surface area contributed by atoms with Crippen molar-refractivity contribution in [3.8, 4) is 6.07 Å². The molecule has 0 atom stereocenters. The maximum absolute atomic E-state index is 12.2. The fraction of sp³-hybridized carbons (Fsp3) is 0.368. The second kappa shape index (κ2) is 8.26. The number of hydrogen-bond acceptors (Lipinski definition) is 5. The first kappa shape index (κ1) is 17.6. The molecule has 1 aliphatic rings. The zero-order chi connectivity index (χ0) is 17.6. The van der Waals surface area contributed by atoms with Crippen molar-refractivity contribution in [2.45, 2.75) is 13.5 Å². The molecule has 1 N–H and O–H groups in total. The Hall–Kier alpha value is -2.20. The van der Waals surface area contributed by atoms with E-state index in [2.05, 4.69) is 52.4 Å². The van der Waals surface area contributed by atoms with Gasteiger partial charge in [0.05, 0.1) is 12.1 Å². The van der Waals surface area contributed by atoms with Crippen molar-refractivity contribution in [2.75, 3.05) is 38.0 Å². The van der Waals surface area contributed by atoms with Crippen LogP contribution in [0.15, 0.2) is 35.7 Å². The van der Waals surface area contributed by atoms with Crippen LogP contribution in [0, 0.1) is 18.3 Å². The van der Waals surface area contributed by atoms with Crippen LogP contribution in [-0.2, 0) is 11.3 Å². The van der Waals surface area contributed by atoms with Crippen molar-refractivity contribution in [1.29, 1.82) is 5.26 Å². The van der Waals surface area contributed by atoms with Gasteiger partial charge in [-0.25, -0.2) is 0 Å². The number of carbonyl (C=O) groups excluding carboxylic acids is 1. The molecule has 1 saturated heterocycles. The third kappa shape index (κ3) is 4.89. The predicted octanol–water partition coefficient (Wildman–Crippen LogP) is 2.68.